The van der Waals surface area contributed by atoms with E-state index in [4.69, 9.17) is 0 Å². The van der Waals surface area contributed by atoms with Crippen molar-refractivity contribution in [2.24, 2.45) is 5.92 Å². The van der Waals surface area contributed by atoms with Crippen molar-refractivity contribution in [2.75, 3.05) is 0 Å². The Hall–Kier alpha value is -2.83. The van der Waals surface area contributed by atoms with Crippen LogP contribution in [0.1, 0.15) is 34.6 Å². The van der Waals surface area contributed by atoms with Crippen molar-refractivity contribution in [3.05, 3.63) is 70.8 Å². The number of hydrogen-bond acceptors (Lipinski definition) is 2. The lowest BCUT2D eigenvalue weighted by molar-refractivity contribution is -0.152. The zero-order chi connectivity index (χ0) is 20.1. The lowest BCUT2D eigenvalue weighted by atomic mass is 9.93. The fraction of sp³-hybridized carbons (Fsp3) is 0.333. The van der Waals surface area contributed by atoms with Gasteiger partial charge in [-0.1, -0.05) is 42.5 Å². The third-order valence-corrected chi connectivity index (χ3v) is 5.57. The molecule has 3 unspecified atom stereocenters. The monoisotopic (exact) mass is 389 g/mol. The van der Waals surface area contributed by atoms with Crippen LogP contribution in [0.15, 0.2) is 48.5 Å². The number of hydrogen-bond donors (Lipinski definition) is 1. The predicted octanol–water partition coefficient (Wildman–Crippen LogP) is 3.85. The molecule has 2 aromatic rings. The highest BCUT2D eigenvalue weighted by molar-refractivity contribution is 5.88. The third kappa shape index (κ3) is 3.37. The second-order valence-corrected chi connectivity index (χ2v) is 7.36. The van der Waals surface area contributed by atoms with Gasteiger partial charge in [-0.3, -0.25) is 4.79 Å². The number of carbonyl (C=O) groups excluding carboxylic acids is 1. The standard InChI is InChI=1S/C21H18F3NO3/c22-21(23,24)15-7-3-6-13(8-15)16-10-17(16)19(26)25-11-14-5-2-1-4-12(14)9-18(25)20(27)28/h1-8,16-18H,9-11H2,(H,27,28). The molecule has 2 aromatic carbocycles. The van der Waals surface area contributed by atoms with Crippen LogP contribution in [0.4, 0.5) is 13.2 Å². The van der Waals surface area contributed by atoms with Crippen LogP contribution in [-0.2, 0) is 28.7 Å². The molecule has 1 fully saturated rings. The number of nitrogens with zero attached hydrogens (tertiary/aromatic N) is 1. The molecule has 1 heterocycles. The van der Waals surface area contributed by atoms with Crippen molar-refractivity contribution in [3.63, 3.8) is 0 Å². The van der Waals surface area contributed by atoms with E-state index in [2.05, 4.69) is 0 Å². The Morgan fingerprint density at radius 1 is 1.04 bits per heavy atom. The minimum absolute atomic E-state index is 0.206. The van der Waals surface area contributed by atoms with E-state index in [9.17, 15) is 27.9 Å². The normalized spacial score (nSPS) is 23.8. The molecule has 1 saturated carbocycles. The Morgan fingerprint density at radius 3 is 2.43 bits per heavy atom. The smallest absolute Gasteiger partial charge is 0.416 e. The van der Waals surface area contributed by atoms with Gasteiger partial charge < -0.3 is 10.0 Å². The SMILES string of the molecule is O=C(O)C1Cc2ccccc2CN1C(=O)C1CC1c1cccc(C(F)(F)F)c1. The van der Waals surface area contributed by atoms with Gasteiger partial charge in [0.05, 0.1) is 5.56 Å². The number of carbonyl (C=O) groups is 2. The molecule has 4 nitrogen and oxygen atoms in total. The highest BCUT2D eigenvalue weighted by Gasteiger charge is 2.49. The molecule has 7 heteroatoms. The van der Waals surface area contributed by atoms with E-state index in [-0.39, 0.29) is 24.8 Å². The fourth-order valence-electron chi connectivity index (χ4n) is 3.97. The minimum Gasteiger partial charge on any atom is -0.480 e. The van der Waals surface area contributed by atoms with Crippen molar-refractivity contribution in [1.29, 1.82) is 0 Å². The van der Waals surface area contributed by atoms with E-state index >= 15 is 0 Å². The lowest BCUT2D eigenvalue weighted by Gasteiger charge is -2.34. The third-order valence-electron chi connectivity index (χ3n) is 5.57. The fourth-order valence-corrected chi connectivity index (χ4v) is 3.97. The Labute approximate surface area is 159 Å². The van der Waals surface area contributed by atoms with Crippen molar-refractivity contribution in [3.8, 4) is 0 Å². The van der Waals surface area contributed by atoms with Crippen molar-refractivity contribution < 1.29 is 27.9 Å². The number of carboxylic acid groups (broad SMARTS) is 1. The molecule has 28 heavy (non-hydrogen) atoms. The van der Waals surface area contributed by atoms with Gasteiger partial charge in [0.1, 0.15) is 6.04 Å². The Morgan fingerprint density at radius 2 is 1.75 bits per heavy atom. The highest BCUT2D eigenvalue weighted by Crippen LogP contribution is 2.50. The summed E-state index contributed by atoms with van der Waals surface area (Å²) in [6, 6.07) is 11.5. The van der Waals surface area contributed by atoms with Gasteiger partial charge in [0, 0.05) is 18.9 Å². The molecular formula is C21H18F3NO3. The zero-order valence-electron chi connectivity index (χ0n) is 14.8. The summed E-state index contributed by atoms with van der Waals surface area (Å²) in [6.07, 6.45) is -3.77. The average Bonchev–Trinajstić information content (AvgIpc) is 3.46. The van der Waals surface area contributed by atoms with E-state index in [1.807, 2.05) is 24.3 Å². The van der Waals surface area contributed by atoms with Gasteiger partial charge in [0.15, 0.2) is 0 Å². The predicted molar refractivity (Wildman–Crippen MR) is 94.4 cm³/mol. The van der Waals surface area contributed by atoms with Gasteiger partial charge in [0.25, 0.3) is 0 Å². The van der Waals surface area contributed by atoms with Crippen LogP contribution in [0.5, 0.6) is 0 Å². The molecule has 1 N–H and O–H groups in total. The first-order valence-corrected chi connectivity index (χ1v) is 9.03. The first-order chi connectivity index (χ1) is 13.3. The Bertz CT molecular complexity index is 940. The zero-order valence-corrected chi connectivity index (χ0v) is 14.8. The molecule has 1 aliphatic heterocycles. The van der Waals surface area contributed by atoms with Crippen LogP contribution in [0.2, 0.25) is 0 Å². The van der Waals surface area contributed by atoms with E-state index in [0.29, 0.717) is 12.0 Å². The molecule has 0 spiro atoms. The summed E-state index contributed by atoms with van der Waals surface area (Å²) < 4.78 is 38.8. The van der Waals surface area contributed by atoms with Gasteiger partial charge in [-0.25, -0.2) is 4.79 Å². The van der Waals surface area contributed by atoms with Gasteiger partial charge >= 0.3 is 12.1 Å². The van der Waals surface area contributed by atoms with E-state index in [0.717, 1.165) is 23.3 Å². The van der Waals surface area contributed by atoms with Crippen molar-refractivity contribution in [1.82, 2.24) is 4.90 Å². The molecule has 0 bridgehead atoms. The highest BCUT2D eigenvalue weighted by atomic mass is 19.4. The second-order valence-electron chi connectivity index (χ2n) is 7.36. The number of fused-ring (bicyclic) bond motifs is 1. The number of halogens is 3. The van der Waals surface area contributed by atoms with Crippen LogP contribution >= 0.6 is 0 Å². The average molecular weight is 389 g/mol. The summed E-state index contributed by atoms with van der Waals surface area (Å²) in [5.41, 5.74) is 1.55. The number of carboxylic acids is 1. The molecular weight excluding hydrogens is 371 g/mol. The quantitative estimate of drug-likeness (QED) is 0.868. The summed E-state index contributed by atoms with van der Waals surface area (Å²) in [7, 11) is 0. The molecule has 0 aromatic heterocycles. The summed E-state index contributed by atoms with van der Waals surface area (Å²) in [6.45, 7) is 0.206. The molecule has 3 atom stereocenters. The molecule has 146 valence electrons. The van der Waals surface area contributed by atoms with E-state index in [1.54, 1.807) is 6.07 Å². The van der Waals surface area contributed by atoms with Crippen LogP contribution in [0, 0.1) is 5.92 Å². The largest absolute Gasteiger partial charge is 0.480 e. The van der Waals surface area contributed by atoms with E-state index < -0.39 is 29.7 Å². The van der Waals surface area contributed by atoms with E-state index in [1.165, 1.54) is 11.0 Å². The Kier molecular flexibility index (Phi) is 4.40. The maximum atomic E-state index is 13.0. The number of amides is 1. The molecule has 1 aliphatic carbocycles. The number of aliphatic carboxylic acids is 1. The van der Waals surface area contributed by atoms with Crippen molar-refractivity contribution in [2.45, 2.75) is 37.5 Å². The second kappa shape index (κ2) is 6.65. The summed E-state index contributed by atoms with van der Waals surface area (Å²) in [5.74, 6) is -2.15. The molecule has 0 radical (unpaired) electrons. The summed E-state index contributed by atoms with van der Waals surface area (Å²) in [5, 5.41) is 9.58. The maximum absolute atomic E-state index is 13.0. The van der Waals surface area contributed by atoms with Gasteiger partial charge in [-0.15, -0.1) is 0 Å². The van der Waals surface area contributed by atoms with Gasteiger partial charge in [-0.2, -0.15) is 13.2 Å². The van der Waals surface area contributed by atoms with Gasteiger partial charge in [0.2, 0.25) is 5.91 Å². The van der Waals surface area contributed by atoms with Crippen LogP contribution in [-0.4, -0.2) is 27.9 Å². The van der Waals surface area contributed by atoms with Crippen LogP contribution in [0.25, 0.3) is 0 Å². The first-order valence-electron chi connectivity index (χ1n) is 9.03. The topological polar surface area (TPSA) is 57.6 Å². The Balaban J connectivity index is 1.55. The number of benzene rings is 2. The minimum atomic E-state index is -4.44. The van der Waals surface area contributed by atoms with Crippen molar-refractivity contribution >= 4 is 11.9 Å². The molecule has 2 aliphatic rings. The van der Waals surface area contributed by atoms with Crippen LogP contribution < -0.4 is 0 Å². The number of rotatable bonds is 3. The van der Waals surface area contributed by atoms with Crippen LogP contribution in [0.3, 0.4) is 0 Å². The molecule has 0 saturated heterocycles. The van der Waals surface area contributed by atoms with Gasteiger partial charge in [-0.05, 0) is 35.1 Å². The maximum Gasteiger partial charge on any atom is 0.416 e. The summed E-state index contributed by atoms with van der Waals surface area (Å²) >= 11 is 0. The first kappa shape index (κ1) is 18.5. The number of alkyl halides is 3. The summed E-state index contributed by atoms with van der Waals surface area (Å²) in [4.78, 5) is 26.1. The molecule has 4 rings (SSSR count). The lowest BCUT2D eigenvalue weighted by Crippen LogP contribution is -2.49. The molecule has 1 amide bonds.